The second-order valence-corrected chi connectivity index (χ2v) is 2.80. The number of nitrogens with zero attached hydrogens (tertiary/aromatic N) is 2. The van der Waals surface area contributed by atoms with Crippen LogP contribution in [0.3, 0.4) is 0 Å². The standard InChI is InChI=1S/C8H10N2O2/c11-3-7-1-2-9-8(10-7)6-4-12-5-6/h1-2,6,11H,3-5H2. The topological polar surface area (TPSA) is 55.2 Å². The van der Waals surface area contributed by atoms with Crippen LogP contribution in [0.4, 0.5) is 0 Å². The summed E-state index contributed by atoms with van der Waals surface area (Å²) in [7, 11) is 0. The maximum atomic E-state index is 8.81. The Hall–Kier alpha value is -1.00. The Labute approximate surface area is 70.2 Å². The van der Waals surface area contributed by atoms with E-state index in [1.807, 2.05) is 0 Å². The highest BCUT2D eigenvalue weighted by molar-refractivity contribution is 5.06. The molecule has 1 aliphatic rings. The molecule has 0 amide bonds. The summed E-state index contributed by atoms with van der Waals surface area (Å²) in [6.45, 7) is 1.38. The van der Waals surface area contributed by atoms with E-state index in [0.29, 0.717) is 24.8 Å². The van der Waals surface area contributed by atoms with E-state index in [9.17, 15) is 0 Å². The van der Waals surface area contributed by atoms with Gasteiger partial charge >= 0.3 is 0 Å². The number of hydrogen-bond acceptors (Lipinski definition) is 4. The third kappa shape index (κ3) is 1.31. The molecule has 2 heterocycles. The lowest BCUT2D eigenvalue weighted by atomic mass is 10.1. The van der Waals surface area contributed by atoms with Gasteiger partial charge in [0, 0.05) is 6.20 Å². The lowest BCUT2D eigenvalue weighted by Crippen LogP contribution is -2.27. The van der Waals surface area contributed by atoms with E-state index in [0.717, 1.165) is 5.82 Å². The van der Waals surface area contributed by atoms with Gasteiger partial charge in [-0.25, -0.2) is 9.97 Å². The Bertz CT molecular complexity index is 274. The second-order valence-electron chi connectivity index (χ2n) is 2.80. The van der Waals surface area contributed by atoms with Gasteiger partial charge in [-0.15, -0.1) is 0 Å². The monoisotopic (exact) mass is 166 g/mol. The van der Waals surface area contributed by atoms with Crippen molar-refractivity contribution < 1.29 is 9.84 Å². The van der Waals surface area contributed by atoms with Crippen LogP contribution in [-0.4, -0.2) is 28.3 Å². The van der Waals surface area contributed by atoms with Crippen molar-refractivity contribution in [3.8, 4) is 0 Å². The van der Waals surface area contributed by atoms with Crippen molar-refractivity contribution >= 4 is 0 Å². The highest BCUT2D eigenvalue weighted by Gasteiger charge is 2.23. The summed E-state index contributed by atoms with van der Waals surface area (Å²) >= 11 is 0. The van der Waals surface area contributed by atoms with E-state index in [4.69, 9.17) is 9.84 Å². The van der Waals surface area contributed by atoms with Crippen LogP contribution in [0.25, 0.3) is 0 Å². The Kier molecular flexibility index (Phi) is 2.01. The van der Waals surface area contributed by atoms with Gasteiger partial charge in [0.05, 0.1) is 31.4 Å². The van der Waals surface area contributed by atoms with Crippen LogP contribution in [0.1, 0.15) is 17.4 Å². The molecule has 0 aromatic carbocycles. The highest BCUT2D eigenvalue weighted by atomic mass is 16.5. The lowest BCUT2D eigenvalue weighted by molar-refractivity contribution is 0.00467. The van der Waals surface area contributed by atoms with E-state index in [1.54, 1.807) is 12.3 Å². The van der Waals surface area contributed by atoms with Gasteiger partial charge in [0.15, 0.2) is 0 Å². The van der Waals surface area contributed by atoms with Crippen LogP contribution in [-0.2, 0) is 11.3 Å². The third-order valence-corrected chi connectivity index (χ3v) is 1.90. The first-order valence-electron chi connectivity index (χ1n) is 3.90. The van der Waals surface area contributed by atoms with Gasteiger partial charge in [-0.1, -0.05) is 0 Å². The number of aromatic nitrogens is 2. The minimum absolute atomic E-state index is 0.0247. The highest BCUT2D eigenvalue weighted by Crippen LogP contribution is 2.19. The molecular formula is C8H10N2O2. The normalized spacial score (nSPS) is 17.4. The van der Waals surface area contributed by atoms with Crippen molar-refractivity contribution in [2.45, 2.75) is 12.5 Å². The van der Waals surface area contributed by atoms with E-state index in [1.165, 1.54) is 0 Å². The molecule has 0 unspecified atom stereocenters. The first kappa shape index (κ1) is 7.64. The SMILES string of the molecule is OCc1ccnc(C2COC2)n1. The Morgan fingerprint density at radius 3 is 3.00 bits per heavy atom. The zero-order valence-corrected chi connectivity index (χ0v) is 6.60. The van der Waals surface area contributed by atoms with E-state index in [2.05, 4.69) is 9.97 Å². The Balaban J connectivity index is 2.19. The number of rotatable bonds is 2. The molecule has 1 aliphatic heterocycles. The number of aliphatic hydroxyl groups excluding tert-OH is 1. The fourth-order valence-corrected chi connectivity index (χ4v) is 1.08. The lowest BCUT2D eigenvalue weighted by Gasteiger charge is -2.24. The van der Waals surface area contributed by atoms with Crippen molar-refractivity contribution in [1.29, 1.82) is 0 Å². The average molecular weight is 166 g/mol. The minimum atomic E-state index is -0.0247. The summed E-state index contributed by atoms with van der Waals surface area (Å²) < 4.78 is 5.02. The minimum Gasteiger partial charge on any atom is -0.390 e. The van der Waals surface area contributed by atoms with Crippen molar-refractivity contribution in [3.63, 3.8) is 0 Å². The Morgan fingerprint density at radius 2 is 2.42 bits per heavy atom. The third-order valence-electron chi connectivity index (χ3n) is 1.90. The van der Waals surface area contributed by atoms with Crippen molar-refractivity contribution in [3.05, 3.63) is 23.8 Å². The van der Waals surface area contributed by atoms with E-state index >= 15 is 0 Å². The number of ether oxygens (including phenoxy) is 1. The Morgan fingerprint density at radius 1 is 1.58 bits per heavy atom. The molecule has 0 radical (unpaired) electrons. The summed E-state index contributed by atoms with van der Waals surface area (Å²) in [4.78, 5) is 8.28. The quantitative estimate of drug-likeness (QED) is 0.676. The molecule has 1 N–H and O–H groups in total. The summed E-state index contributed by atoms with van der Waals surface area (Å²) in [6.07, 6.45) is 1.67. The molecule has 2 rings (SSSR count). The van der Waals surface area contributed by atoms with Crippen molar-refractivity contribution in [2.24, 2.45) is 0 Å². The molecule has 0 bridgehead atoms. The molecule has 4 nitrogen and oxygen atoms in total. The van der Waals surface area contributed by atoms with Crippen molar-refractivity contribution in [1.82, 2.24) is 9.97 Å². The fourth-order valence-electron chi connectivity index (χ4n) is 1.08. The molecule has 1 saturated heterocycles. The first-order chi connectivity index (χ1) is 5.90. The zero-order chi connectivity index (χ0) is 8.39. The predicted octanol–water partition coefficient (Wildman–Crippen LogP) is 0.0827. The van der Waals surface area contributed by atoms with E-state index in [-0.39, 0.29) is 6.61 Å². The molecule has 4 heteroatoms. The van der Waals surface area contributed by atoms with Gasteiger partial charge in [0.2, 0.25) is 0 Å². The maximum Gasteiger partial charge on any atom is 0.136 e. The van der Waals surface area contributed by atoms with Gasteiger partial charge < -0.3 is 9.84 Å². The molecule has 1 aromatic rings. The second kappa shape index (κ2) is 3.16. The average Bonchev–Trinajstić information content (AvgIpc) is 2.02. The van der Waals surface area contributed by atoms with Gasteiger partial charge in [-0.3, -0.25) is 0 Å². The van der Waals surface area contributed by atoms with Gasteiger partial charge in [-0.2, -0.15) is 0 Å². The van der Waals surface area contributed by atoms with Gasteiger partial charge in [0.25, 0.3) is 0 Å². The zero-order valence-electron chi connectivity index (χ0n) is 6.60. The molecule has 0 spiro atoms. The molecule has 12 heavy (non-hydrogen) atoms. The van der Waals surface area contributed by atoms with Crippen LogP contribution in [0.5, 0.6) is 0 Å². The summed E-state index contributed by atoms with van der Waals surface area (Å²) in [6, 6.07) is 1.71. The van der Waals surface area contributed by atoms with Gasteiger partial charge in [-0.05, 0) is 6.07 Å². The molecule has 64 valence electrons. The molecule has 0 atom stereocenters. The van der Waals surface area contributed by atoms with Crippen LogP contribution in [0.15, 0.2) is 12.3 Å². The number of aliphatic hydroxyl groups is 1. The molecule has 0 saturated carbocycles. The summed E-state index contributed by atoms with van der Waals surface area (Å²) in [5, 5.41) is 8.81. The summed E-state index contributed by atoms with van der Waals surface area (Å²) in [5.41, 5.74) is 0.673. The van der Waals surface area contributed by atoms with Gasteiger partial charge in [0.1, 0.15) is 5.82 Å². The summed E-state index contributed by atoms with van der Waals surface area (Å²) in [5.74, 6) is 1.12. The molecule has 1 fully saturated rings. The maximum absolute atomic E-state index is 8.81. The molecular weight excluding hydrogens is 156 g/mol. The fraction of sp³-hybridized carbons (Fsp3) is 0.500. The van der Waals surface area contributed by atoms with Crippen LogP contribution < -0.4 is 0 Å². The number of hydrogen-bond donors (Lipinski definition) is 1. The van der Waals surface area contributed by atoms with E-state index < -0.39 is 0 Å². The van der Waals surface area contributed by atoms with Crippen LogP contribution >= 0.6 is 0 Å². The van der Waals surface area contributed by atoms with Crippen molar-refractivity contribution in [2.75, 3.05) is 13.2 Å². The predicted molar refractivity (Wildman–Crippen MR) is 41.5 cm³/mol. The smallest absolute Gasteiger partial charge is 0.136 e. The molecule has 0 aliphatic carbocycles. The largest absolute Gasteiger partial charge is 0.390 e. The van der Waals surface area contributed by atoms with Crippen LogP contribution in [0, 0.1) is 0 Å². The molecule has 1 aromatic heterocycles. The first-order valence-corrected chi connectivity index (χ1v) is 3.90. The van der Waals surface area contributed by atoms with Crippen LogP contribution in [0.2, 0.25) is 0 Å².